The van der Waals surface area contributed by atoms with Crippen LogP contribution >= 0.6 is 0 Å². The van der Waals surface area contributed by atoms with Crippen LogP contribution in [0, 0.1) is 0 Å². The van der Waals surface area contributed by atoms with E-state index < -0.39 is 0 Å². The van der Waals surface area contributed by atoms with E-state index in [4.69, 9.17) is 0 Å². The summed E-state index contributed by atoms with van der Waals surface area (Å²) in [6.45, 7) is 0. The molecule has 0 fully saturated rings. The first-order valence-corrected chi connectivity index (χ1v) is 1.16. The number of H-pyrrole nitrogens is 1. The van der Waals surface area contributed by atoms with E-state index in [0.29, 0.717) is 0 Å². The van der Waals surface area contributed by atoms with E-state index in [-0.39, 0.29) is 51.7 Å². The van der Waals surface area contributed by atoms with Crippen molar-refractivity contribution in [3.05, 3.63) is 6.33 Å². The van der Waals surface area contributed by atoms with Crippen LogP contribution in [-0.4, -0.2) is 69.5 Å². The summed E-state index contributed by atoms with van der Waals surface area (Å²) in [5.74, 6) is 0. The Balaban J connectivity index is -0.0000000833. The van der Waals surface area contributed by atoms with E-state index in [1.54, 1.807) is 0 Å². The molecule has 0 unspecified atom stereocenters. The van der Waals surface area contributed by atoms with E-state index in [1.807, 2.05) is 0 Å². The number of nitrogens with one attached hydrogen (secondary N) is 1. The van der Waals surface area contributed by atoms with Gasteiger partial charge in [0.2, 0.25) is 0 Å². The first-order valence-electron chi connectivity index (χ1n) is 1.16. The topological polar surface area (TPSA) is 54.5 Å². The maximum atomic E-state index is 3.38. The Morgan fingerprint density at radius 2 is 2.50 bits per heavy atom. The van der Waals surface area contributed by atoms with Gasteiger partial charge in [-0.15, -0.1) is 10.2 Å². The van der Waals surface area contributed by atoms with Gasteiger partial charge < -0.3 is 2.85 Å². The Kier molecular flexibility index (Phi) is 4.23. The Hall–Kier alpha value is 0.641. The van der Waals surface area contributed by atoms with Crippen molar-refractivity contribution in [2.75, 3.05) is 0 Å². The minimum Gasteiger partial charge on any atom is -1.00 e. The number of hydrogen-bond acceptors (Lipinski definition) is 3. The molecule has 0 aliphatic rings. The van der Waals surface area contributed by atoms with Crippen molar-refractivity contribution in [1.82, 2.24) is 20.6 Å². The average molecular weight is 209 g/mol. The van der Waals surface area contributed by atoms with E-state index in [2.05, 4.69) is 20.6 Å². The molecule has 1 aromatic rings. The zero-order chi connectivity index (χ0) is 3.54. The third-order valence-electron chi connectivity index (χ3n) is 0.270. The van der Waals surface area contributed by atoms with Gasteiger partial charge in [0.25, 0.3) is 0 Å². The number of aromatic nitrogens is 4. The molecule has 0 aliphatic heterocycles. The number of aromatic amines is 1. The smallest absolute Gasteiger partial charge is 1.00 e. The van der Waals surface area contributed by atoms with Gasteiger partial charge in [0.1, 0.15) is 0 Å². The summed E-state index contributed by atoms with van der Waals surface area (Å²) in [6, 6.07) is 0. The quantitative estimate of drug-likeness (QED) is 0.560. The van der Waals surface area contributed by atoms with E-state index in [1.165, 1.54) is 6.33 Å². The maximum absolute atomic E-state index is 3.38. The second-order valence-corrected chi connectivity index (χ2v) is 0.560. The van der Waals surface area contributed by atoms with Crippen LogP contribution in [0.3, 0.4) is 0 Å². The number of hydrogen-bond donors (Lipinski definition) is 1. The minimum atomic E-state index is 0. The summed E-state index contributed by atoms with van der Waals surface area (Å²) in [4.78, 5) is 0. The molecule has 0 aliphatic carbocycles. The van der Waals surface area contributed by atoms with Crippen LogP contribution in [0.25, 0.3) is 0 Å². The van der Waals surface area contributed by atoms with Crippen LogP contribution < -0.4 is 0 Å². The molecule has 1 rings (SSSR count). The molecule has 0 aromatic carbocycles. The summed E-state index contributed by atoms with van der Waals surface area (Å²) in [5.41, 5.74) is 0. The van der Waals surface area contributed by atoms with Crippen LogP contribution in [0.4, 0.5) is 0 Å². The van der Waals surface area contributed by atoms with Crippen molar-refractivity contribution in [1.29, 1.82) is 0 Å². The van der Waals surface area contributed by atoms with Gasteiger partial charge in [0, 0.05) is 0 Å². The molecule has 0 atom stereocenters. The minimum absolute atomic E-state index is 0. The zero-order valence-corrected chi connectivity index (χ0v) is 7.57. The summed E-state index contributed by atoms with van der Waals surface area (Å²) in [6.07, 6.45) is 1.33. The standard InChI is InChI=1S/CH2N4.Ba.2H/c1-2-4-5-3-1;;;/h1H,(H,2,3,4,5);;;/q;+2;2*-1. The molecule has 5 heteroatoms. The van der Waals surface area contributed by atoms with Gasteiger partial charge in [-0.25, -0.2) is 0 Å². The molecule has 0 spiro atoms. The van der Waals surface area contributed by atoms with Crippen LogP contribution in [0.1, 0.15) is 2.85 Å². The molecule has 4 nitrogen and oxygen atoms in total. The van der Waals surface area contributed by atoms with Gasteiger partial charge in [0.05, 0.1) is 0 Å². The third kappa shape index (κ3) is 1.93. The fourth-order valence-electron chi connectivity index (χ4n) is 0.129. The zero-order valence-electron chi connectivity index (χ0n) is 5.13. The molecule has 1 aromatic heterocycles. The van der Waals surface area contributed by atoms with Crippen molar-refractivity contribution in [2.45, 2.75) is 0 Å². The summed E-state index contributed by atoms with van der Waals surface area (Å²) < 4.78 is 0. The molecule has 0 saturated heterocycles. The molecule has 0 saturated carbocycles. The van der Waals surface area contributed by atoms with Crippen molar-refractivity contribution in [3.8, 4) is 0 Å². The van der Waals surface area contributed by atoms with Gasteiger partial charge in [-0.3, -0.25) is 0 Å². The second-order valence-electron chi connectivity index (χ2n) is 0.560. The second kappa shape index (κ2) is 3.82. The molecule has 1 N–H and O–H groups in total. The van der Waals surface area contributed by atoms with E-state index >= 15 is 0 Å². The Labute approximate surface area is 77.8 Å². The number of nitrogens with zero attached hydrogens (tertiary/aromatic N) is 3. The average Bonchev–Trinajstić information content (AvgIpc) is 1.76. The van der Waals surface area contributed by atoms with Gasteiger partial charge in [-0.2, -0.15) is 5.21 Å². The van der Waals surface area contributed by atoms with Gasteiger partial charge in [-0.1, -0.05) is 5.21 Å². The molecular weight excluding hydrogens is 205 g/mol. The summed E-state index contributed by atoms with van der Waals surface area (Å²) in [5, 5.41) is 12.2. The largest absolute Gasteiger partial charge is 2.00 e. The number of rotatable bonds is 0. The van der Waals surface area contributed by atoms with Gasteiger partial charge in [-0.05, 0) is 0 Å². The maximum Gasteiger partial charge on any atom is 2.00 e. The van der Waals surface area contributed by atoms with Crippen molar-refractivity contribution in [2.24, 2.45) is 0 Å². The summed E-state index contributed by atoms with van der Waals surface area (Å²) >= 11 is 0. The number of tetrazole rings is 1. The first-order chi connectivity index (χ1) is 2.50. The van der Waals surface area contributed by atoms with Crippen LogP contribution in [0.5, 0.6) is 0 Å². The predicted molar refractivity (Wildman–Crippen MR) is 22.2 cm³/mol. The molecule has 0 amide bonds. The molecule has 6 heavy (non-hydrogen) atoms. The fraction of sp³-hybridized carbons (Fsp3) is 0. The third-order valence-corrected chi connectivity index (χ3v) is 0.270. The molecule has 0 bridgehead atoms. The summed E-state index contributed by atoms with van der Waals surface area (Å²) in [7, 11) is 0. The Morgan fingerprint density at radius 3 is 2.67 bits per heavy atom. The van der Waals surface area contributed by atoms with E-state index in [0.717, 1.165) is 0 Å². The van der Waals surface area contributed by atoms with Crippen molar-refractivity contribution < 1.29 is 2.85 Å². The normalized spacial score (nSPS) is 6.67. The van der Waals surface area contributed by atoms with Crippen LogP contribution in [0.2, 0.25) is 0 Å². The first kappa shape index (κ1) is 6.64. The monoisotopic (exact) mass is 210 g/mol. The SMILES string of the molecule is [Ba+2].[H-].[H-].c1nn[nH]n1. The van der Waals surface area contributed by atoms with Crippen LogP contribution in [0.15, 0.2) is 6.33 Å². The molecular formula is CH4BaN4. The predicted octanol–water partition coefficient (Wildman–Crippen LogP) is -0.956. The fourth-order valence-corrected chi connectivity index (χ4v) is 0.129. The molecule has 30 valence electrons. The van der Waals surface area contributed by atoms with Gasteiger partial charge in [0.15, 0.2) is 6.33 Å². The van der Waals surface area contributed by atoms with Crippen molar-refractivity contribution in [3.63, 3.8) is 0 Å². The molecule has 1 heterocycles. The van der Waals surface area contributed by atoms with Gasteiger partial charge >= 0.3 is 48.9 Å². The van der Waals surface area contributed by atoms with E-state index in [9.17, 15) is 0 Å². The Morgan fingerprint density at radius 1 is 1.67 bits per heavy atom. The van der Waals surface area contributed by atoms with Crippen molar-refractivity contribution >= 4 is 48.9 Å². The Bertz CT molecular complexity index is 70.5. The van der Waals surface area contributed by atoms with Crippen LogP contribution in [-0.2, 0) is 0 Å². The molecule has 0 radical (unpaired) electrons.